The number of nitrogens with zero attached hydrogens (tertiary/aromatic N) is 3. The lowest BCUT2D eigenvalue weighted by atomic mass is 10.2. The van der Waals surface area contributed by atoms with Crippen molar-refractivity contribution in [2.24, 2.45) is 0 Å². The highest BCUT2D eigenvalue weighted by molar-refractivity contribution is 7.98. The molecule has 4 nitrogen and oxygen atoms in total. The molecule has 0 aliphatic heterocycles. The Balaban J connectivity index is 1.83. The third-order valence-corrected chi connectivity index (χ3v) is 4.09. The van der Waals surface area contributed by atoms with E-state index in [0.29, 0.717) is 6.04 Å². The summed E-state index contributed by atoms with van der Waals surface area (Å²) < 4.78 is 0. The average molecular weight is 286 g/mol. The van der Waals surface area contributed by atoms with Gasteiger partial charge in [-0.1, -0.05) is 12.1 Å². The fourth-order valence-electron chi connectivity index (χ4n) is 2.20. The van der Waals surface area contributed by atoms with Crippen molar-refractivity contribution in [2.45, 2.75) is 30.5 Å². The van der Waals surface area contributed by atoms with E-state index >= 15 is 0 Å². The molecule has 5 heteroatoms. The number of nitrogen functional groups attached to an aromatic ring is 1. The van der Waals surface area contributed by atoms with Gasteiger partial charge in [0, 0.05) is 24.3 Å². The fraction of sp³-hybridized carbons (Fsp3) is 0.333. The zero-order chi connectivity index (χ0) is 13.9. The van der Waals surface area contributed by atoms with Crippen LogP contribution in [0.15, 0.2) is 41.7 Å². The second-order valence-corrected chi connectivity index (χ2v) is 5.85. The van der Waals surface area contributed by atoms with Gasteiger partial charge in [-0.05, 0) is 36.8 Å². The van der Waals surface area contributed by atoms with Crippen molar-refractivity contribution in [1.29, 1.82) is 0 Å². The molecule has 0 amide bonds. The molecule has 104 valence electrons. The number of hydrogen-bond acceptors (Lipinski definition) is 5. The lowest BCUT2D eigenvalue weighted by Gasteiger charge is -2.23. The zero-order valence-electron chi connectivity index (χ0n) is 11.5. The third-order valence-electron chi connectivity index (χ3n) is 3.45. The van der Waals surface area contributed by atoms with E-state index in [1.54, 1.807) is 18.1 Å². The van der Waals surface area contributed by atoms with Gasteiger partial charge < -0.3 is 10.6 Å². The number of benzene rings is 1. The highest BCUT2D eigenvalue weighted by atomic mass is 32.2. The number of hydrogen-bond donors (Lipinski definition) is 1. The van der Waals surface area contributed by atoms with Gasteiger partial charge in [0.1, 0.15) is 17.2 Å². The molecule has 1 aromatic heterocycles. The minimum atomic E-state index is 0.608. The highest BCUT2D eigenvalue weighted by Gasteiger charge is 2.30. The second kappa shape index (κ2) is 5.71. The van der Waals surface area contributed by atoms with Gasteiger partial charge in [0.05, 0.1) is 0 Å². The Hall–Kier alpha value is -1.75. The first-order chi connectivity index (χ1) is 9.76. The van der Waals surface area contributed by atoms with Crippen LogP contribution in [0.4, 0.5) is 11.5 Å². The summed E-state index contributed by atoms with van der Waals surface area (Å²) in [5.74, 6) is 1.02. The van der Waals surface area contributed by atoms with Crippen molar-refractivity contribution in [3.63, 3.8) is 0 Å². The summed E-state index contributed by atoms with van der Waals surface area (Å²) in [6, 6.07) is 10.8. The quantitative estimate of drug-likeness (QED) is 0.520. The van der Waals surface area contributed by atoms with Gasteiger partial charge >= 0.3 is 0 Å². The Labute approximate surface area is 123 Å². The van der Waals surface area contributed by atoms with Crippen molar-refractivity contribution in [3.05, 3.63) is 42.2 Å². The first-order valence-corrected chi connectivity index (χ1v) is 7.96. The van der Waals surface area contributed by atoms with E-state index in [-0.39, 0.29) is 0 Å². The van der Waals surface area contributed by atoms with Gasteiger partial charge in [0.25, 0.3) is 0 Å². The Morgan fingerprint density at radius 2 is 2.00 bits per heavy atom. The minimum Gasteiger partial charge on any atom is -0.399 e. The van der Waals surface area contributed by atoms with Crippen molar-refractivity contribution in [2.75, 3.05) is 16.9 Å². The van der Waals surface area contributed by atoms with Crippen LogP contribution in [0.25, 0.3) is 0 Å². The van der Waals surface area contributed by atoms with E-state index in [9.17, 15) is 0 Å². The second-order valence-electron chi connectivity index (χ2n) is 5.02. The molecule has 3 rings (SSSR count). The van der Waals surface area contributed by atoms with Crippen LogP contribution in [0.2, 0.25) is 0 Å². The maximum atomic E-state index is 5.74. The number of nitrogens with two attached hydrogens (primary N) is 1. The molecule has 1 aliphatic rings. The smallest absolute Gasteiger partial charge is 0.133 e. The first-order valence-electron chi connectivity index (χ1n) is 6.73. The summed E-state index contributed by atoms with van der Waals surface area (Å²) in [5, 5.41) is 1.01. The van der Waals surface area contributed by atoms with Gasteiger partial charge in [0.15, 0.2) is 0 Å². The molecule has 0 radical (unpaired) electrons. The molecule has 1 aliphatic carbocycles. The average Bonchev–Trinajstić information content (AvgIpc) is 3.31. The van der Waals surface area contributed by atoms with E-state index in [1.807, 2.05) is 18.4 Å². The van der Waals surface area contributed by atoms with Gasteiger partial charge in [-0.15, -0.1) is 11.8 Å². The molecule has 0 saturated heterocycles. The molecule has 20 heavy (non-hydrogen) atoms. The number of aromatic nitrogens is 2. The van der Waals surface area contributed by atoms with Crippen LogP contribution in [0, 0.1) is 0 Å². The molecule has 0 unspecified atom stereocenters. The maximum Gasteiger partial charge on any atom is 0.133 e. The van der Waals surface area contributed by atoms with Crippen LogP contribution in [0.5, 0.6) is 0 Å². The van der Waals surface area contributed by atoms with Crippen LogP contribution < -0.4 is 10.6 Å². The van der Waals surface area contributed by atoms with E-state index < -0.39 is 0 Å². The normalized spacial score (nSPS) is 14.2. The lowest BCUT2D eigenvalue weighted by Crippen LogP contribution is -2.26. The summed E-state index contributed by atoms with van der Waals surface area (Å²) in [5.41, 5.74) is 7.81. The molecule has 0 spiro atoms. The Bertz CT molecular complexity index is 581. The van der Waals surface area contributed by atoms with E-state index in [1.165, 1.54) is 18.4 Å². The molecule has 1 heterocycles. The monoisotopic (exact) mass is 286 g/mol. The van der Waals surface area contributed by atoms with Gasteiger partial charge in [0.2, 0.25) is 0 Å². The Kier molecular flexibility index (Phi) is 3.78. The van der Waals surface area contributed by atoms with Gasteiger partial charge in [-0.2, -0.15) is 0 Å². The van der Waals surface area contributed by atoms with Crippen molar-refractivity contribution in [1.82, 2.24) is 9.97 Å². The highest BCUT2D eigenvalue weighted by Crippen LogP contribution is 2.32. The molecule has 2 N–H and O–H groups in total. The summed E-state index contributed by atoms with van der Waals surface area (Å²) in [6.45, 7) is 0.871. The predicted molar refractivity (Wildman–Crippen MR) is 83.9 cm³/mol. The van der Waals surface area contributed by atoms with Crippen molar-refractivity contribution >= 4 is 23.3 Å². The largest absolute Gasteiger partial charge is 0.399 e. The van der Waals surface area contributed by atoms with Crippen LogP contribution in [-0.2, 0) is 6.54 Å². The molecular formula is C15H18N4S. The minimum absolute atomic E-state index is 0.608. The molecule has 1 fully saturated rings. The van der Waals surface area contributed by atoms with Crippen LogP contribution in [-0.4, -0.2) is 22.3 Å². The molecule has 0 bridgehead atoms. The third kappa shape index (κ3) is 3.04. The Morgan fingerprint density at radius 3 is 2.65 bits per heavy atom. The molecule has 1 saturated carbocycles. The Morgan fingerprint density at radius 1 is 1.25 bits per heavy atom. The van der Waals surface area contributed by atoms with Crippen molar-refractivity contribution in [3.8, 4) is 0 Å². The topological polar surface area (TPSA) is 55.0 Å². The van der Waals surface area contributed by atoms with Crippen LogP contribution in [0.1, 0.15) is 18.4 Å². The molecule has 0 atom stereocenters. The summed E-state index contributed by atoms with van der Waals surface area (Å²) in [7, 11) is 0. The van der Waals surface area contributed by atoms with E-state index in [2.05, 4.69) is 33.1 Å². The fourth-order valence-corrected chi connectivity index (χ4v) is 2.58. The number of rotatable bonds is 5. The van der Waals surface area contributed by atoms with E-state index in [4.69, 9.17) is 5.73 Å². The summed E-state index contributed by atoms with van der Waals surface area (Å²) >= 11 is 1.65. The standard InChI is InChI=1S/C15H18N4S/c1-20-15-8-14(17-10-18-15)19(13-6-7-13)9-11-2-4-12(16)5-3-11/h2-5,8,10,13H,6-7,9,16H2,1H3. The SMILES string of the molecule is CSc1cc(N(Cc2ccc(N)cc2)C2CC2)ncn1. The van der Waals surface area contributed by atoms with Gasteiger partial charge in [-0.3, -0.25) is 0 Å². The van der Waals surface area contributed by atoms with Crippen LogP contribution >= 0.6 is 11.8 Å². The number of thioether (sulfide) groups is 1. The molecule has 1 aromatic carbocycles. The predicted octanol–water partition coefficient (Wildman–Crippen LogP) is 2.95. The molecular weight excluding hydrogens is 268 g/mol. The zero-order valence-corrected chi connectivity index (χ0v) is 12.3. The number of anilines is 2. The lowest BCUT2D eigenvalue weighted by molar-refractivity contribution is 0.770. The maximum absolute atomic E-state index is 5.74. The van der Waals surface area contributed by atoms with Crippen molar-refractivity contribution < 1.29 is 0 Å². The first kappa shape index (κ1) is 13.2. The van der Waals surface area contributed by atoms with Gasteiger partial charge in [-0.25, -0.2) is 9.97 Å². The van der Waals surface area contributed by atoms with Crippen LogP contribution in [0.3, 0.4) is 0 Å². The summed E-state index contributed by atoms with van der Waals surface area (Å²) in [4.78, 5) is 11.1. The summed E-state index contributed by atoms with van der Waals surface area (Å²) in [6.07, 6.45) is 6.17. The van der Waals surface area contributed by atoms with E-state index in [0.717, 1.165) is 23.1 Å². The molecule has 2 aromatic rings.